The fraction of sp³-hybridized carbons (Fsp3) is 0.667. The molecule has 0 aromatic heterocycles. The molecule has 2 atom stereocenters. The number of carbonyl (C=O) groups is 1. The Kier molecular flexibility index (Phi) is 2.45. The molecule has 2 nitrogen and oxygen atoms in total. The monoisotopic (exact) mass is 154 g/mol. The van der Waals surface area contributed by atoms with Crippen molar-refractivity contribution in [1.29, 1.82) is 0 Å². The van der Waals surface area contributed by atoms with E-state index < -0.39 is 5.41 Å². The molecule has 0 saturated carbocycles. The zero-order chi connectivity index (χ0) is 8.32. The molecule has 0 fully saturated rings. The van der Waals surface area contributed by atoms with E-state index in [9.17, 15) is 4.79 Å². The second kappa shape index (κ2) is 3.18. The van der Waals surface area contributed by atoms with Crippen LogP contribution >= 0.6 is 0 Å². The highest BCUT2D eigenvalue weighted by Gasteiger charge is 2.35. The molecule has 0 radical (unpaired) electrons. The molecule has 11 heavy (non-hydrogen) atoms. The van der Waals surface area contributed by atoms with Crippen LogP contribution in [0.5, 0.6) is 0 Å². The lowest BCUT2D eigenvalue weighted by Gasteiger charge is -2.33. The molecule has 1 rings (SSSR count). The zero-order valence-electron chi connectivity index (χ0n) is 6.79. The van der Waals surface area contributed by atoms with Gasteiger partial charge in [-0.1, -0.05) is 19.1 Å². The minimum atomic E-state index is -0.491. The van der Waals surface area contributed by atoms with Crippen molar-refractivity contribution in [2.75, 3.05) is 6.61 Å². The number of carbonyl (C=O) groups excluding carboxylic acids is 1. The van der Waals surface area contributed by atoms with Crippen LogP contribution in [-0.4, -0.2) is 18.0 Å². The van der Waals surface area contributed by atoms with Crippen molar-refractivity contribution >= 4 is 6.29 Å². The molecule has 0 amide bonds. The number of aliphatic hydroxyl groups excluding tert-OH is 1. The summed E-state index contributed by atoms with van der Waals surface area (Å²) in [6.45, 7) is 1.98. The molecule has 0 aromatic rings. The van der Waals surface area contributed by atoms with Crippen LogP contribution in [-0.2, 0) is 4.79 Å². The molecule has 0 heterocycles. The van der Waals surface area contributed by atoms with Crippen LogP contribution in [0.15, 0.2) is 12.2 Å². The topological polar surface area (TPSA) is 37.3 Å². The number of aliphatic hydroxyl groups is 1. The van der Waals surface area contributed by atoms with Crippen molar-refractivity contribution in [2.45, 2.75) is 19.8 Å². The number of allylic oxidation sites excluding steroid dienone is 2. The second-order valence-electron chi connectivity index (χ2n) is 3.32. The summed E-state index contributed by atoms with van der Waals surface area (Å²) in [7, 11) is 0. The standard InChI is InChI=1S/C9H14O2/c1-8-4-2-3-5-9(8,6-10)7-11/h2-3,6,8,11H,4-5,7H2,1H3/t8-,9?/m1/s1. The van der Waals surface area contributed by atoms with Gasteiger partial charge in [0.05, 0.1) is 12.0 Å². The van der Waals surface area contributed by atoms with Gasteiger partial charge in [-0.3, -0.25) is 0 Å². The quantitative estimate of drug-likeness (QED) is 0.478. The normalized spacial score (nSPS) is 37.1. The molecule has 1 N–H and O–H groups in total. The average Bonchev–Trinajstić information content (AvgIpc) is 2.06. The van der Waals surface area contributed by atoms with Gasteiger partial charge in [0.25, 0.3) is 0 Å². The van der Waals surface area contributed by atoms with E-state index in [4.69, 9.17) is 5.11 Å². The lowest BCUT2D eigenvalue weighted by molar-refractivity contribution is -0.121. The molecule has 0 bridgehead atoms. The van der Waals surface area contributed by atoms with Crippen molar-refractivity contribution in [3.05, 3.63) is 12.2 Å². The van der Waals surface area contributed by atoms with E-state index in [0.29, 0.717) is 6.42 Å². The number of rotatable bonds is 2. The van der Waals surface area contributed by atoms with Gasteiger partial charge in [0.15, 0.2) is 0 Å². The highest BCUT2D eigenvalue weighted by atomic mass is 16.3. The highest BCUT2D eigenvalue weighted by molar-refractivity contribution is 5.61. The van der Waals surface area contributed by atoms with Gasteiger partial charge in [-0.2, -0.15) is 0 Å². The first kappa shape index (κ1) is 8.47. The van der Waals surface area contributed by atoms with Gasteiger partial charge >= 0.3 is 0 Å². The van der Waals surface area contributed by atoms with Crippen molar-refractivity contribution in [3.8, 4) is 0 Å². The molecule has 1 unspecified atom stereocenters. The predicted octanol–water partition coefficient (Wildman–Crippen LogP) is 1.15. The number of hydrogen-bond donors (Lipinski definition) is 1. The number of hydrogen-bond acceptors (Lipinski definition) is 2. The van der Waals surface area contributed by atoms with Crippen LogP contribution < -0.4 is 0 Å². The van der Waals surface area contributed by atoms with E-state index >= 15 is 0 Å². The third kappa shape index (κ3) is 1.36. The third-order valence-corrected chi connectivity index (χ3v) is 2.66. The van der Waals surface area contributed by atoms with Gasteiger partial charge in [0.2, 0.25) is 0 Å². The van der Waals surface area contributed by atoms with Crippen molar-refractivity contribution < 1.29 is 9.90 Å². The summed E-state index contributed by atoms with van der Waals surface area (Å²) in [6.07, 6.45) is 6.54. The van der Waals surface area contributed by atoms with E-state index in [1.165, 1.54) is 0 Å². The molecule has 0 spiro atoms. The lowest BCUT2D eigenvalue weighted by atomic mass is 9.71. The first-order valence-corrected chi connectivity index (χ1v) is 3.97. The molecule has 0 aliphatic heterocycles. The third-order valence-electron chi connectivity index (χ3n) is 2.66. The maximum absolute atomic E-state index is 10.7. The summed E-state index contributed by atoms with van der Waals surface area (Å²) in [4.78, 5) is 10.7. The summed E-state index contributed by atoms with van der Waals surface area (Å²) in [5, 5.41) is 9.05. The van der Waals surface area contributed by atoms with Gasteiger partial charge in [0, 0.05) is 0 Å². The van der Waals surface area contributed by atoms with Crippen LogP contribution in [0.2, 0.25) is 0 Å². The maximum atomic E-state index is 10.7. The molecule has 1 aliphatic rings. The van der Waals surface area contributed by atoms with Gasteiger partial charge < -0.3 is 9.90 Å². The molecule has 2 heteroatoms. The summed E-state index contributed by atoms with van der Waals surface area (Å²) in [6, 6.07) is 0. The Balaban J connectivity index is 2.80. The van der Waals surface area contributed by atoms with Gasteiger partial charge in [-0.25, -0.2) is 0 Å². The zero-order valence-corrected chi connectivity index (χ0v) is 6.79. The summed E-state index contributed by atoms with van der Waals surface area (Å²) in [5.41, 5.74) is -0.491. The van der Waals surface area contributed by atoms with E-state index in [2.05, 4.69) is 6.08 Å². The fourth-order valence-corrected chi connectivity index (χ4v) is 1.46. The first-order valence-electron chi connectivity index (χ1n) is 3.97. The van der Waals surface area contributed by atoms with Crippen LogP contribution in [0, 0.1) is 11.3 Å². The van der Waals surface area contributed by atoms with E-state index in [1.54, 1.807) is 0 Å². The number of aldehydes is 1. The van der Waals surface area contributed by atoms with Crippen LogP contribution in [0.3, 0.4) is 0 Å². The average molecular weight is 154 g/mol. The van der Waals surface area contributed by atoms with Gasteiger partial charge in [-0.05, 0) is 18.8 Å². The molecular weight excluding hydrogens is 140 g/mol. The van der Waals surface area contributed by atoms with Crippen molar-refractivity contribution in [3.63, 3.8) is 0 Å². The Bertz CT molecular complexity index is 174. The smallest absolute Gasteiger partial charge is 0.129 e. The van der Waals surface area contributed by atoms with E-state index in [-0.39, 0.29) is 12.5 Å². The Hall–Kier alpha value is -0.630. The minimum absolute atomic E-state index is 0.0258. The van der Waals surface area contributed by atoms with Gasteiger partial charge in [-0.15, -0.1) is 0 Å². The minimum Gasteiger partial charge on any atom is -0.395 e. The Morgan fingerprint density at radius 3 is 2.82 bits per heavy atom. The second-order valence-corrected chi connectivity index (χ2v) is 3.32. The Morgan fingerprint density at radius 1 is 1.73 bits per heavy atom. The SMILES string of the molecule is C[C@@H]1CC=CCC1(C=O)CO. The molecule has 1 aliphatic carbocycles. The maximum Gasteiger partial charge on any atom is 0.129 e. The molecule has 0 aromatic carbocycles. The van der Waals surface area contributed by atoms with Crippen LogP contribution in [0.25, 0.3) is 0 Å². The molecular formula is C9H14O2. The summed E-state index contributed by atoms with van der Waals surface area (Å²) in [5.74, 6) is 0.273. The fourth-order valence-electron chi connectivity index (χ4n) is 1.46. The molecule has 62 valence electrons. The predicted molar refractivity (Wildman–Crippen MR) is 43.1 cm³/mol. The Labute approximate surface area is 66.9 Å². The van der Waals surface area contributed by atoms with Crippen molar-refractivity contribution in [2.24, 2.45) is 11.3 Å². The largest absolute Gasteiger partial charge is 0.395 e. The Morgan fingerprint density at radius 2 is 2.45 bits per heavy atom. The molecule has 0 saturated heterocycles. The van der Waals surface area contributed by atoms with Crippen LogP contribution in [0.4, 0.5) is 0 Å². The van der Waals surface area contributed by atoms with Crippen LogP contribution in [0.1, 0.15) is 19.8 Å². The van der Waals surface area contributed by atoms with Gasteiger partial charge in [0.1, 0.15) is 6.29 Å². The van der Waals surface area contributed by atoms with E-state index in [1.807, 2.05) is 13.0 Å². The van der Waals surface area contributed by atoms with E-state index in [0.717, 1.165) is 12.7 Å². The summed E-state index contributed by atoms with van der Waals surface area (Å²) < 4.78 is 0. The summed E-state index contributed by atoms with van der Waals surface area (Å²) >= 11 is 0. The highest BCUT2D eigenvalue weighted by Crippen LogP contribution is 2.35. The first-order chi connectivity index (χ1) is 5.25. The van der Waals surface area contributed by atoms with Crippen molar-refractivity contribution in [1.82, 2.24) is 0 Å². The lowest BCUT2D eigenvalue weighted by Crippen LogP contribution is -2.35.